The SMILES string of the molecule is CCC(C)(CCl)CCc1scnc1C. The minimum atomic E-state index is 0.290. The van der Waals surface area contributed by atoms with Crippen LogP contribution in [0.15, 0.2) is 5.51 Å². The monoisotopic (exact) mass is 231 g/mol. The van der Waals surface area contributed by atoms with Gasteiger partial charge in [0.2, 0.25) is 0 Å². The molecule has 0 bridgehead atoms. The fourth-order valence-electron chi connectivity index (χ4n) is 1.32. The molecule has 0 saturated heterocycles. The molecule has 3 heteroatoms. The van der Waals surface area contributed by atoms with Crippen molar-refractivity contribution in [1.82, 2.24) is 4.98 Å². The van der Waals surface area contributed by atoms with E-state index in [-0.39, 0.29) is 5.41 Å². The molecule has 0 aliphatic rings. The van der Waals surface area contributed by atoms with Gasteiger partial charge in [-0.2, -0.15) is 0 Å². The highest BCUT2D eigenvalue weighted by molar-refractivity contribution is 7.09. The molecule has 0 aliphatic carbocycles. The first-order chi connectivity index (χ1) is 6.61. The zero-order valence-electron chi connectivity index (χ0n) is 9.14. The Morgan fingerprint density at radius 2 is 2.29 bits per heavy atom. The van der Waals surface area contributed by atoms with Crippen LogP contribution in [0.1, 0.15) is 37.3 Å². The molecule has 1 aromatic rings. The summed E-state index contributed by atoms with van der Waals surface area (Å²) in [5.41, 5.74) is 3.40. The fraction of sp³-hybridized carbons (Fsp3) is 0.727. The Morgan fingerprint density at radius 3 is 2.71 bits per heavy atom. The maximum absolute atomic E-state index is 5.98. The summed E-state index contributed by atoms with van der Waals surface area (Å²) >= 11 is 7.73. The molecule has 0 amide bonds. The van der Waals surface area contributed by atoms with Crippen molar-refractivity contribution in [2.45, 2.75) is 40.0 Å². The minimum Gasteiger partial charge on any atom is -0.250 e. The standard InChI is InChI=1S/C11H18ClNS/c1-4-11(3,7-12)6-5-10-9(2)13-8-14-10/h8H,4-7H2,1-3H3. The summed E-state index contributed by atoms with van der Waals surface area (Å²) < 4.78 is 0. The van der Waals surface area contributed by atoms with Gasteiger partial charge in [0.1, 0.15) is 0 Å². The number of hydrogen-bond acceptors (Lipinski definition) is 2. The summed E-state index contributed by atoms with van der Waals surface area (Å²) in [7, 11) is 0. The van der Waals surface area contributed by atoms with Gasteiger partial charge in [0.05, 0.1) is 11.2 Å². The van der Waals surface area contributed by atoms with Crippen LogP contribution in [0, 0.1) is 12.3 Å². The van der Waals surface area contributed by atoms with Gasteiger partial charge in [-0.05, 0) is 31.6 Å². The normalized spacial score (nSPS) is 15.4. The lowest BCUT2D eigenvalue weighted by atomic mass is 9.84. The average Bonchev–Trinajstić information content (AvgIpc) is 2.61. The molecule has 1 heterocycles. The van der Waals surface area contributed by atoms with E-state index in [4.69, 9.17) is 11.6 Å². The van der Waals surface area contributed by atoms with Gasteiger partial charge in [-0.3, -0.25) is 0 Å². The molecule has 1 rings (SSSR count). The highest BCUT2D eigenvalue weighted by Gasteiger charge is 2.21. The molecule has 0 saturated carbocycles. The molecular formula is C11H18ClNS. The number of aryl methyl sites for hydroxylation is 2. The van der Waals surface area contributed by atoms with E-state index in [9.17, 15) is 0 Å². The third kappa shape index (κ3) is 2.96. The Hall–Kier alpha value is -0.0800. The number of halogens is 1. The van der Waals surface area contributed by atoms with E-state index in [1.165, 1.54) is 10.6 Å². The first kappa shape index (κ1) is 12.0. The maximum atomic E-state index is 5.98. The number of aromatic nitrogens is 1. The van der Waals surface area contributed by atoms with E-state index in [1.54, 1.807) is 11.3 Å². The van der Waals surface area contributed by atoms with E-state index in [1.807, 2.05) is 5.51 Å². The van der Waals surface area contributed by atoms with Gasteiger partial charge >= 0.3 is 0 Å². The first-order valence-corrected chi connectivity index (χ1v) is 6.47. The zero-order valence-corrected chi connectivity index (χ0v) is 10.7. The summed E-state index contributed by atoms with van der Waals surface area (Å²) in [4.78, 5) is 5.67. The summed E-state index contributed by atoms with van der Waals surface area (Å²) in [6.45, 7) is 6.55. The summed E-state index contributed by atoms with van der Waals surface area (Å²) in [6.07, 6.45) is 3.43. The van der Waals surface area contributed by atoms with Crippen LogP contribution in [0.25, 0.3) is 0 Å². The number of nitrogens with zero attached hydrogens (tertiary/aromatic N) is 1. The first-order valence-electron chi connectivity index (χ1n) is 5.06. The zero-order chi connectivity index (χ0) is 10.6. The predicted octanol–water partition coefficient (Wildman–Crippen LogP) is 4.04. The smallest absolute Gasteiger partial charge is 0.0797 e. The molecule has 14 heavy (non-hydrogen) atoms. The topological polar surface area (TPSA) is 12.9 Å². The maximum Gasteiger partial charge on any atom is 0.0797 e. The van der Waals surface area contributed by atoms with E-state index in [0.29, 0.717) is 0 Å². The van der Waals surface area contributed by atoms with Gasteiger partial charge in [-0.25, -0.2) is 4.98 Å². The quantitative estimate of drug-likeness (QED) is 0.697. The minimum absolute atomic E-state index is 0.290. The molecule has 0 aromatic carbocycles. The summed E-state index contributed by atoms with van der Waals surface area (Å²) in [6, 6.07) is 0. The van der Waals surface area contributed by atoms with Crippen LogP contribution in [0.4, 0.5) is 0 Å². The highest BCUT2D eigenvalue weighted by Crippen LogP contribution is 2.30. The van der Waals surface area contributed by atoms with Crippen LogP contribution in [-0.2, 0) is 6.42 Å². The number of thiazole rings is 1. The Balaban J connectivity index is 2.52. The van der Waals surface area contributed by atoms with E-state index >= 15 is 0 Å². The summed E-state index contributed by atoms with van der Waals surface area (Å²) in [5, 5.41) is 0. The van der Waals surface area contributed by atoms with Gasteiger partial charge in [-0.1, -0.05) is 13.8 Å². The molecule has 0 radical (unpaired) electrons. The summed E-state index contributed by atoms with van der Waals surface area (Å²) in [5.74, 6) is 0.751. The number of alkyl halides is 1. The molecule has 0 fully saturated rings. The molecule has 1 aromatic heterocycles. The Morgan fingerprint density at radius 1 is 1.57 bits per heavy atom. The van der Waals surface area contributed by atoms with Crippen molar-refractivity contribution in [3.8, 4) is 0 Å². The predicted molar refractivity (Wildman–Crippen MR) is 64.3 cm³/mol. The van der Waals surface area contributed by atoms with Crippen molar-refractivity contribution in [3.63, 3.8) is 0 Å². The van der Waals surface area contributed by atoms with Crippen molar-refractivity contribution < 1.29 is 0 Å². The number of hydrogen-bond donors (Lipinski definition) is 0. The lowest BCUT2D eigenvalue weighted by Gasteiger charge is -2.24. The van der Waals surface area contributed by atoms with Crippen molar-refractivity contribution in [2.75, 3.05) is 5.88 Å². The van der Waals surface area contributed by atoms with Gasteiger partial charge in [0, 0.05) is 10.8 Å². The van der Waals surface area contributed by atoms with Crippen LogP contribution in [0.5, 0.6) is 0 Å². The third-order valence-electron chi connectivity index (χ3n) is 2.98. The van der Waals surface area contributed by atoms with Crippen LogP contribution in [0.2, 0.25) is 0 Å². The molecule has 1 nitrogen and oxygen atoms in total. The molecule has 80 valence electrons. The van der Waals surface area contributed by atoms with Gasteiger partial charge in [0.15, 0.2) is 0 Å². The van der Waals surface area contributed by atoms with Crippen molar-refractivity contribution in [3.05, 3.63) is 16.1 Å². The molecule has 0 N–H and O–H groups in total. The second-order valence-electron chi connectivity index (χ2n) is 4.16. The molecule has 0 aliphatic heterocycles. The van der Waals surface area contributed by atoms with Crippen molar-refractivity contribution in [1.29, 1.82) is 0 Å². The van der Waals surface area contributed by atoms with Crippen LogP contribution in [0.3, 0.4) is 0 Å². The largest absolute Gasteiger partial charge is 0.250 e. The van der Waals surface area contributed by atoms with Crippen molar-refractivity contribution >= 4 is 22.9 Å². The molecule has 0 spiro atoms. The average molecular weight is 232 g/mol. The second kappa shape index (κ2) is 5.13. The lowest BCUT2D eigenvalue weighted by molar-refractivity contribution is 0.329. The van der Waals surface area contributed by atoms with Crippen LogP contribution >= 0.6 is 22.9 Å². The molecular weight excluding hydrogens is 214 g/mol. The van der Waals surface area contributed by atoms with E-state index < -0.39 is 0 Å². The fourth-order valence-corrected chi connectivity index (χ4v) is 2.42. The van der Waals surface area contributed by atoms with Crippen LogP contribution < -0.4 is 0 Å². The lowest BCUT2D eigenvalue weighted by Crippen LogP contribution is -2.18. The van der Waals surface area contributed by atoms with Gasteiger partial charge in [-0.15, -0.1) is 22.9 Å². The van der Waals surface area contributed by atoms with Gasteiger partial charge in [0.25, 0.3) is 0 Å². The Kier molecular flexibility index (Phi) is 4.39. The second-order valence-corrected chi connectivity index (χ2v) is 5.37. The van der Waals surface area contributed by atoms with Crippen LogP contribution in [-0.4, -0.2) is 10.9 Å². The number of rotatable bonds is 5. The Labute approximate surface area is 95.5 Å². The molecule has 1 atom stereocenters. The van der Waals surface area contributed by atoms with E-state index in [0.717, 1.165) is 25.1 Å². The third-order valence-corrected chi connectivity index (χ3v) is 4.62. The van der Waals surface area contributed by atoms with Gasteiger partial charge < -0.3 is 0 Å². The highest BCUT2D eigenvalue weighted by atomic mass is 35.5. The Bertz CT molecular complexity index is 279. The van der Waals surface area contributed by atoms with E-state index in [2.05, 4.69) is 25.8 Å². The molecule has 1 unspecified atom stereocenters. The van der Waals surface area contributed by atoms with Crippen molar-refractivity contribution in [2.24, 2.45) is 5.41 Å².